The molecule has 0 N–H and O–H groups in total. The number of allylic oxidation sites excluding steroid dienone is 1. The lowest BCUT2D eigenvalue weighted by molar-refractivity contribution is -0.141. The first-order valence-electron chi connectivity index (χ1n) is 11.0. The van der Waals surface area contributed by atoms with Crippen LogP contribution in [-0.2, 0) is 16.0 Å². The van der Waals surface area contributed by atoms with Gasteiger partial charge in [-0.25, -0.2) is 8.42 Å². The van der Waals surface area contributed by atoms with Crippen LogP contribution in [0.25, 0.3) is 16.7 Å². The van der Waals surface area contributed by atoms with Gasteiger partial charge >= 0.3 is 6.18 Å². The molecule has 0 saturated carbocycles. The van der Waals surface area contributed by atoms with Gasteiger partial charge in [-0.05, 0) is 61.7 Å². The lowest BCUT2D eigenvalue weighted by Crippen LogP contribution is -2.08. The zero-order chi connectivity index (χ0) is 27.8. The van der Waals surface area contributed by atoms with Gasteiger partial charge in [0, 0.05) is 33.6 Å². The number of aryl methyl sites for hydroxylation is 2. The van der Waals surface area contributed by atoms with Crippen molar-refractivity contribution in [2.45, 2.75) is 52.6 Å². The van der Waals surface area contributed by atoms with Crippen LogP contribution in [0.15, 0.2) is 54.2 Å². The molecule has 36 heavy (non-hydrogen) atoms. The summed E-state index contributed by atoms with van der Waals surface area (Å²) in [5, 5.41) is 0.957. The summed E-state index contributed by atoms with van der Waals surface area (Å²) < 4.78 is 60.7. The van der Waals surface area contributed by atoms with Crippen LogP contribution in [0.2, 0.25) is 10.0 Å². The maximum atomic E-state index is 12.3. The highest BCUT2D eigenvalue weighted by Crippen LogP contribution is 2.33. The van der Waals surface area contributed by atoms with Crippen LogP contribution in [-0.4, -0.2) is 24.1 Å². The number of pyridine rings is 2. The Labute approximate surface area is 221 Å². The first-order valence-corrected chi connectivity index (χ1v) is 13.4. The van der Waals surface area contributed by atoms with E-state index in [2.05, 4.69) is 16.5 Å². The molecule has 0 bridgehead atoms. The second-order valence-corrected chi connectivity index (χ2v) is 10.6. The minimum atomic E-state index is -4.33. The first-order chi connectivity index (χ1) is 16.7. The number of sulfone groups is 1. The third-order valence-electron chi connectivity index (χ3n) is 4.88. The number of hydrogen-bond acceptors (Lipinski definition) is 4. The Hall–Kier alpha value is -2.42. The molecular weight excluding hydrogens is 532 g/mol. The van der Waals surface area contributed by atoms with E-state index in [0.29, 0.717) is 38.0 Å². The fraction of sp³-hybridized carbons (Fsp3) is 0.308. The van der Waals surface area contributed by atoms with Crippen molar-refractivity contribution in [2.24, 2.45) is 0 Å². The van der Waals surface area contributed by atoms with Crippen molar-refractivity contribution in [3.63, 3.8) is 0 Å². The highest BCUT2D eigenvalue weighted by Gasteiger charge is 2.32. The third kappa shape index (κ3) is 8.32. The van der Waals surface area contributed by atoms with Crippen LogP contribution in [0, 0.1) is 13.8 Å². The number of rotatable bonds is 4. The summed E-state index contributed by atoms with van der Waals surface area (Å²) in [7, 11) is -3.42. The van der Waals surface area contributed by atoms with Gasteiger partial charge in [0.15, 0.2) is 9.84 Å². The van der Waals surface area contributed by atoms with Gasteiger partial charge in [0.1, 0.15) is 5.69 Å². The minimum Gasteiger partial charge on any atom is -0.255 e. The first kappa shape index (κ1) is 31.6. The van der Waals surface area contributed by atoms with E-state index in [1.807, 2.05) is 13.8 Å². The zero-order valence-corrected chi connectivity index (χ0v) is 23.3. The van der Waals surface area contributed by atoms with Crippen LogP contribution in [0.4, 0.5) is 13.2 Å². The summed E-state index contributed by atoms with van der Waals surface area (Å²) in [5.41, 5.74) is 2.83. The molecule has 3 rings (SSSR count). The molecular formula is C26H29Cl2F3N2O2S. The Morgan fingerprint density at radius 1 is 1.00 bits per heavy atom. The molecule has 0 aliphatic rings. The molecule has 0 fully saturated rings. The highest BCUT2D eigenvalue weighted by molar-refractivity contribution is 7.91. The van der Waals surface area contributed by atoms with Crippen molar-refractivity contribution in [3.8, 4) is 11.1 Å². The third-order valence-corrected chi connectivity index (χ3v) is 7.17. The fourth-order valence-corrected chi connectivity index (χ4v) is 4.46. The number of benzene rings is 1. The maximum Gasteiger partial charge on any atom is 0.433 e. The molecule has 1 aromatic carbocycles. The molecule has 10 heteroatoms. The van der Waals surface area contributed by atoms with Gasteiger partial charge in [0.05, 0.1) is 16.3 Å². The normalized spacial score (nSPS) is 11.1. The van der Waals surface area contributed by atoms with Crippen molar-refractivity contribution in [2.75, 3.05) is 5.75 Å². The SMILES string of the molecule is C=C(C)c1ncc(-c2ccc(Cl)cc2Cl)cc1S(=O)(=O)CC.CC.Cc1cnc(C(F)(F)F)cc1C. The molecule has 3 aromatic rings. The monoisotopic (exact) mass is 560 g/mol. The molecule has 0 aliphatic heterocycles. The Kier molecular flexibility index (Phi) is 11.6. The lowest BCUT2D eigenvalue weighted by Gasteiger charge is -2.12. The molecule has 0 amide bonds. The summed E-state index contributed by atoms with van der Waals surface area (Å²) in [4.78, 5) is 7.72. The van der Waals surface area contributed by atoms with Gasteiger partial charge in [-0.15, -0.1) is 0 Å². The lowest BCUT2D eigenvalue weighted by atomic mass is 10.1. The summed E-state index contributed by atoms with van der Waals surface area (Å²) in [5.74, 6) is -0.00718. The van der Waals surface area contributed by atoms with E-state index >= 15 is 0 Å². The average molecular weight is 561 g/mol. The maximum absolute atomic E-state index is 12.3. The predicted octanol–water partition coefficient (Wildman–Crippen LogP) is 8.63. The number of aromatic nitrogens is 2. The second kappa shape index (κ2) is 13.2. The number of alkyl halides is 3. The average Bonchev–Trinajstić information content (AvgIpc) is 2.81. The molecule has 0 saturated heterocycles. The molecule has 0 radical (unpaired) electrons. The van der Waals surface area contributed by atoms with E-state index in [1.54, 1.807) is 58.2 Å². The topological polar surface area (TPSA) is 59.9 Å². The summed E-state index contributed by atoms with van der Waals surface area (Å²) in [6.45, 7) is 14.5. The van der Waals surface area contributed by atoms with Gasteiger partial charge in [-0.2, -0.15) is 13.2 Å². The summed E-state index contributed by atoms with van der Waals surface area (Å²) in [6, 6.07) is 7.69. The molecule has 4 nitrogen and oxygen atoms in total. The van der Waals surface area contributed by atoms with E-state index in [-0.39, 0.29) is 10.6 Å². The molecule has 2 aromatic heterocycles. The van der Waals surface area contributed by atoms with Crippen LogP contribution < -0.4 is 0 Å². The molecule has 196 valence electrons. The second-order valence-electron chi connectivity index (χ2n) is 7.53. The van der Waals surface area contributed by atoms with Crippen molar-refractivity contribution < 1.29 is 21.6 Å². The van der Waals surface area contributed by atoms with E-state index in [1.165, 1.54) is 6.20 Å². The van der Waals surface area contributed by atoms with Crippen LogP contribution in [0.1, 0.15) is 50.2 Å². The van der Waals surface area contributed by atoms with Gasteiger partial charge < -0.3 is 0 Å². The molecule has 0 unspecified atom stereocenters. The highest BCUT2D eigenvalue weighted by atomic mass is 35.5. The quantitative estimate of drug-likeness (QED) is 0.320. The van der Waals surface area contributed by atoms with Gasteiger partial charge in [-0.1, -0.05) is 56.6 Å². The zero-order valence-electron chi connectivity index (χ0n) is 21.0. The molecule has 0 aliphatic carbocycles. The van der Waals surface area contributed by atoms with E-state index in [0.717, 1.165) is 11.6 Å². The van der Waals surface area contributed by atoms with Crippen molar-refractivity contribution in [3.05, 3.63) is 81.9 Å². The molecule has 0 atom stereocenters. The Morgan fingerprint density at radius 3 is 2.08 bits per heavy atom. The summed E-state index contributed by atoms with van der Waals surface area (Å²) in [6.07, 6.45) is -1.51. The van der Waals surface area contributed by atoms with E-state index in [9.17, 15) is 21.6 Å². The number of halogens is 5. The number of nitrogens with zero attached hydrogens (tertiary/aromatic N) is 2. The summed E-state index contributed by atoms with van der Waals surface area (Å²) >= 11 is 12.1. The minimum absolute atomic E-state index is 0.00718. The van der Waals surface area contributed by atoms with Crippen LogP contribution >= 0.6 is 23.2 Å². The van der Waals surface area contributed by atoms with E-state index in [4.69, 9.17) is 23.2 Å². The van der Waals surface area contributed by atoms with Crippen molar-refractivity contribution in [1.29, 1.82) is 0 Å². The molecule has 2 heterocycles. The fourth-order valence-electron chi connectivity index (χ4n) is 2.81. The largest absolute Gasteiger partial charge is 0.433 e. The smallest absolute Gasteiger partial charge is 0.255 e. The van der Waals surface area contributed by atoms with Gasteiger partial charge in [0.2, 0.25) is 0 Å². The molecule has 0 spiro atoms. The van der Waals surface area contributed by atoms with Crippen molar-refractivity contribution in [1.82, 2.24) is 9.97 Å². The Bertz CT molecular complexity index is 1330. The van der Waals surface area contributed by atoms with Crippen molar-refractivity contribution >= 4 is 38.6 Å². The van der Waals surface area contributed by atoms with Crippen LogP contribution in [0.5, 0.6) is 0 Å². The van der Waals surface area contributed by atoms with Gasteiger partial charge in [0.25, 0.3) is 0 Å². The van der Waals surface area contributed by atoms with Gasteiger partial charge in [-0.3, -0.25) is 9.97 Å². The number of hydrogen-bond donors (Lipinski definition) is 0. The Balaban J connectivity index is 0.000000391. The van der Waals surface area contributed by atoms with E-state index < -0.39 is 21.7 Å². The Morgan fingerprint density at radius 2 is 1.61 bits per heavy atom. The van der Waals surface area contributed by atoms with Crippen LogP contribution in [0.3, 0.4) is 0 Å². The predicted molar refractivity (Wildman–Crippen MR) is 142 cm³/mol. The standard InChI is InChI=1S/C16H15Cl2NO2S.C8H8F3N.C2H6/c1-4-22(20,21)15-7-11(9-19-16(15)10(2)3)13-6-5-12(17)8-14(13)18;1-5-3-7(8(9,10)11)12-4-6(5)2;1-2/h5-9H,2,4H2,1,3H3;3-4H,1-2H3;1-2H3.